The third-order valence-electron chi connectivity index (χ3n) is 5.41. The van der Waals surface area contributed by atoms with E-state index in [9.17, 15) is 9.59 Å². The second-order valence-electron chi connectivity index (χ2n) is 6.73. The molecule has 0 N–H and O–H groups in total. The first-order valence-corrected chi connectivity index (χ1v) is 7.89. The molecule has 0 radical (unpaired) electrons. The molecule has 0 amide bonds. The number of nitrogens with zero attached hydrogens (tertiary/aromatic N) is 2. The summed E-state index contributed by atoms with van der Waals surface area (Å²) >= 11 is 0. The van der Waals surface area contributed by atoms with E-state index in [0.29, 0.717) is 12.0 Å². The van der Waals surface area contributed by atoms with Crippen LogP contribution in [0.15, 0.2) is 24.4 Å². The Labute approximate surface area is 129 Å². The van der Waals surface area contributed by atoms with E-state index >= 15 is 0 Å². The van der Waals surface area contributed by atoms with Gasteiger partial charge >= 0.3 is 0 Å². The highest BCUT2D eigenvalue weighted by Gasteiger charge is 2.39. The van der Waals surface area contributed by atoms with Crippen molar-refractivity contribution in [2.45, 2.75) is 31.7 Å². The van der Waals surface area contributed by atoms with Gasteiger partial charge in [-0.15, -0.1) is 0 Å². The lowest BCUT2D eigenvalue weighted by Crippen LogP contribution is -2.48. The average Bonchev–Trinajstić information content (AvgIpc) is 2.89. The molecular weight excluding hydrogens is 276 g/mol. The van der Waals surface area contributed by atoms with Crippen LogP contribution in [0.1, 0.15) is 35.2 Å². The number of piperidine rings is 1. The topological polar surface area (TPSA) is 42.3 Å². The second-order valence-corrected chi connectivity index (χ2v) is 6.73. The van der Waals surface area contributed by atoms with Gasteiger partial charge in [0.2, 0.25) is 5.91 Å². The highest BCUT2D eigenvalue weighted by Crippen LogP contribution is 2.44. The quantitative estimate of drug-likeness (QED) is 0.759. The third-order valence-corrected chi connectivity index (χ3v) is 5.41. The van der Waals surface area contributed by atoms with Crippen molar-refractivity contribution in [1.82, 2.24) is 9.47 Å². The van der Waals surface area contributed by atoms with Crippen molar-refractivity contribution in [2.75, 3.05) is 13.6 Å². The van der Waals surface area contributed by atoms with Crippen LogP contribution >= 0.6 is 0 Å². The van der Waals surface area contributed by atoms with Gasteiger partial charge in [0.15, 0.2) is 0 Å². The summed E-state index contributed by atoms with van der Waals surface area (Å²) in [5.41, 5.74) is 3.58. The molecule has 1 aliphatic heterocycles. The van der Waals surface area contributed by atoms with Gasteiger partial charge in [0, 0.05) is 42.9 Å². The number of hydrogen-bond acceptors (Lipinski definition) is 3. The fraction of sp³-hybridized carbons (Fsp3) is 0.444. The molecule has 0 saturated carbocycles. The van der Waals surface area contributed by atoms with E-state index in [4.69, 9.17) is 0 Å². The van der Waals surface area contributed by atoms with E-state index in [2.05, 4.69) is 18.0 Å². The molecule has 1 saturated heterocycles. The first kappa shape index (κ1) is 13.7. The van der Waals surface area contributed by atoms with Crippen LogP contribution in [0.2, 0.25) is 0 Å². The minimum absolute atomic E-state index is 0.0531. The Kier molecular flexibility index (Phi) is 2.98. The highest BCUT2D eigenvalue weighted by atomic mass is 16.1. The Morgan fingerprint density at radius 2 is 2.18 bits per heavy atom. The molecule has 1 fully saturated rings. The van der Waals surface area contributed by atoms with Crippen molar-refractivity contribution in [1.29, 1.82) is 0 Å². The molecule has 4 heteroatoms. The smallest absolute Gasteiger partial charge is 0.227 e. The van der Waals surface area contributed by atoms with E-state index < -0.39 is 0 Å². The Morgan fingerprint density at radius 1 is 1.36 bits per heavy atom. The van der Waals surface area contributed by atoms with Crippen molar-refractivity contribution < 1.29 is 9.59 Å². The zero-order chi connectivity index (χ0) is 15.4. The normalized spacial score (nSPS) is 27.6. The number of hydrogen-bond donors (Lipinski definition) is 0. The molecular formula is C18H20N2O2. The number of rotatable bonds is 1. The molecule has 4 nitrogen and oxygen atoms in total. The predicted octanol–water partition coefficient (Wildman–Crippen LogP) is 2.46. The molecule has 0 unspecified atom stereocenters. The predicted molar refractivity (Wildman–Crippen MR) is 85.3 cm³/mol. The molecule has 22 heavy (non-hydrogen) atoms. The number of aromatic nitrogens is 1. The summed E-state index contributed by atoms with van der Waals surface area (Å²) in [5, 5.41) is 1.24. The SMILES string of the molecule is CC(=O)n1cc2c3c(cccc31)[C@H]1C[C@@H](C=O)CN(C)[C@@H]1C2. The van der Waals surface area contributed by atoms with Crippen LogP contribution in [-0.4, -0.2) is 41.3 Å². The van der Waals surface area contributed by atoms with Crippen LogP contribution in [0.5, 0.6) is 0 Å². The third kappa shape index (κ3) is 1.80. The van der Waals surface area contributed by atoms with E-state index in [0.717, 1.165) is 31.2 Å². The number of aldehydes is 1. The van der Waals surface area contributed by atoms with Gasteiger partial charge in [0.05, 0.1) is 5.52 Å². The van der Waals surface area contributed by atoms with E-state index in [1.54, 1.807) is 11.5 Å². The first-order valence-electron chi connectivity index (χ1n) is 7.89. The van der Waals surface area contributed by atoms with Crippen molar-refractivity contribution in [3.63, 3.8) is 0 Å². The van der Waals surface area contributed by atoms with Gasteiger partial charge in [-0.2, -0.15) is 0 Å². The molecule has 1 aliphatic carbocycles. The maximum atomic E-state index is 11.9. The number of carbonyl (C=O) groups excluding carboxylic acids is 2. The maximum Gasteiger partial charge on any atom is 0.227 e. The molecule has 4 rings (SSSR count). The minimum atomic E-state index is 0.0531. The number of likely N-dealkylation sites (tertiary alicyclic amines) is 1. The van der Waals surface area contributed by atoms with Crippen LogP contribution in [-0.2, 0) is 11.2 Å². The Bertz CT molecular complexity index is 777. The molecule has 2 aromatic rings. The lowest BCUT2D eigenvalue weighted by molar-refractivity contribution is -0.113. The van der Waals surface area contributed by atoms with E-state index in [1.807, 2.05) is 18.3 Å². The molecule has 0 bridgehead atoms. The average molecular weight is 296 g/mol. The maximum absolute atomic E-state index is 11.9. The van der Waals surface area contributed by atoms with Gasteiger partial charge in [0.25, 0.3) is 0 Å². The Morgan fingerprint density at radius 3 is 2.91 bits per heavy atom. The van der Waals surface area contributed by atoms with Gasteiger partial charge in [-0.25, -0.2) is 0 Å². The summed E-state index contributed by atoms with van der Waals surface area (Å²) in [6.45, 7) is 2.44. The summed E-state index contributed by atoms with van der Waals surface area (Å²) in [4.78, 5) is 25.5. The summed E-state index contributed by atoms with van der Waals surface area (Å²) in [5.74, 6) is 0.545. The zero-order valence-electron chi connectivity index (χ0n) is 13.0. The fourth-order valence-electron chi connectivity index (χ4n) is 4.45. The fourth-order valence-corrected chi connectivity index (χ4v) is 4.45. The van der Waals surface area contributed by atoms with Gasteiger partial charge in [0.1, 0.15) is 6.29 Å². The van der Waals surface area contributed by atoms with Crippen LogP contribution in [0.4, 0.5) is 0 Å². The van der Waals surface area contributed by atoms with E-state index in [1.165, 1.54) is 16.5 Å². The number of fused-ring (bicyclic) bond motifs is 2. The molecule has 2 heterocycles. The largest absolute Gasteiger partial charge is 0.303 e. The molecule has 114 valence electrons. The monoisotopic (exact) mass is 296 g/mol. The van der Waals surface area contributed by atoms with Crippen LogP contribution in [0.3, 0.4) is 0 Å². The number of benzene rings is 1. The number of likely N-dealkylation sites (N-methyl/N-ethyl adjacent to an activating group) is 1. The van der Waals surface area contributed by atoms with Gasteiger partial charge in [-0.1, -0.05) is 12.1 Å². The second kappa shape index (κ2) is 4.78. The summed E-state index contributed by atoms with van der Waals surface area (Å²) in [7, 11) is 2.11. The highest BCUT2D eigenvalue weighted by molar-refractivity contribution is 5.96. The molecule has 3 atom stereocenters. The standard InChI is InChI=1S/C18H20N2O2/c1-11(22)20-9-13-7-17-15(6-12(10-21)8-19(17)2)14-4-3-5-16(20)18(13)14/h3-5,9-10,12,15,17H,6-8H2,1-2H3/t12-,15-,17-/m1/s1. The lowest BCUT2D eigenvalue weighted by atomic mass is 9.73. The van der Waals surface area contributed by atoms with Crippen molar-refractivity contribution >= 4 is 23.1 Å². The Hall–Kier alpha value is -1.94. The molecule has 2 aliphatic rings. The summed E-state index contributed by atoms with van der Waals surface area (Å²) < 4.78 is 1.77. The van der Waals surface area contributed by atoms with Gasteiger partial charge < -0.3 is 9.69 Å². The summed E-state index contributed by atoms with van der Waals surface area (Å²) in [6.07, 6.45) is 4.98. The van der Waals surface area contributed by atoms with Crippen molar-refractivity contribution in [2.24, 2.45) is 5.92 Å². The van der Waals surface area contributed by atoms with Crippen LogP contribution in [0, 0.1) is 5.92 Å². The van der Waals surface area contributed by atoms with Crippen LogP contribution < -0.4 is 0 Å². The van der Waals surface area contributed by atoms with Gasteiger partial charge in [-0.05, 0) is 37.1 Å². The zero-order valence-corrected chi connectivity index (χ0v) is 13.0. The summed E-state index contributed by atoms with van der Waals surface area (Å²) in [6, 6.07) is 6.66. The van der Waals surface area contributed by atoms with Crippen molar-refractivity contribution in [3.05, 3.63) is 35.5 Å². The number of carbonyl (C=O) groups is 2. The Balaban J connectivity index is 1.92. The first-order chi connectivity index (χ1) is 10.6. The van der Waals surface area contributed by atoms with Gasteiger partial charge in [-0.3, -0.25) is 9.36 Å². The molecule has 1 aromatic heterocycles. The minimum Gasteiger partial charge on any atom is -0.303 e. The lowest BCUT2D eigenvalue weighted by Gasteiger charge is -2.44. The molecule has 1 aromatic carbocycles. The van der Waals surface area contributed by atoms with Crippen LogP contribution in [0.25, 0.3) is 10.9 Å². The van der Waals surface area contributed by atoms with E-state index in [-0.39, 0.29) is 11.8 Å². The molecule has 0 spiro atoms. The van der Waals surface area contributed by atoms with Crippen molar-refractivity contribution in [3.8, 4) is 0 Å².